The number of likely N-dealkylation sites (N-methyl/N-ethyl adjacent to an activating group) is 1. The molecule has 5 heteroatoms. The van der Waals surface area contributed by atoms with Crippen LogP contribution in [-0.2, 0) is 11.3 Å². The van der Waals surface area contributed by atoms with Gasteiger partial charge in [0, 0.05) is 38.1 Å². The molecule has 1 amide bonds. The molecule has 1 aliphatic heterocycles. The predicted molar refractivity (Wildman–Crippen MR) is 100 cm³/mol. The lowest BCUT2D eigenvalue weighted by Gasteiger charge is -2.31. The van der Waals surface area contributed by atoms with Gasteiger partial charge in [-0.25, -0.2) is 0 Å². The molecule has 0 bridgehead atoms. The van der Waals surface area contributed by atoms with E-state index in [-0.39, 0.29) is 5.91 Å². The fourth-order valence-electron chi connectivity index (χ4n) is 4.22. The zero-order chi connectivity index (χ0) is 17.5. The average molecular weight is 345 g/mol. The highest BCUT2D eigenvalue weighted by molar-refractivity contribution is 5.77. The largest absolute Gasteiger partial charge is 0.355 e. The van der Waals surface area contributed by atoms with Crippen LogP contribution in [0.5, 0.6) is 0 Å². The van der Waals surface area contributed by atoms with Gasteiger partial charge >= 0.3 is 0 Å². The predicted octanol–water partition coefficient (Wildman–Crippen LogP) is 2.28. The van der Waals surface area contributed by atoms with Crippen molar-refractivity contribution >= 4 is 5.91 Å². The second kappa shape index (κ2) is 9.30. The van der Waals surface area contributed by atoms with Crippen LogP contribution >= 0.6 is 0 Å². The molecule has 138 valence electrons. The maximum absolute atomic E-state index is 12.2. The van der Waals surface area contributed by atoms with Crippen molar-refractivity contribution in [1.82, 2.24) is 20.1 Å². The van der Waals surface area contributed by atoms with Crippen molar-refractivity contribution < 1.29 is 4.79 Å². The fourth-order valence-corrected chi connectivity index (χ4v) is 4.22. The summed E-state index contributed by atoms with van der Waals surface area (Å²) in [6, 6.07) is 4.79. The van der Waals surface area contributed by atoms with E-state index in [1.807, 2.05) is 24.1 Å². The summed E-state index contributed by atoms with van der Waals surface area (Å²) in [5.41, 5.74) is 1.18. The van der Waals surface area contributed by atoms with Crippen LogP contribution in [0.1, 0.15) is 44.1 Å². The third-order valence-electron chi connectivity index (χ3n) is 5.61. The van der Waals surface area contributed by atoms with E-state index in [9.17, 15) is 4.79 Å². The molecule has 0 radical (unpaired) electrons. The molecule has 1 atom stereocenters. The normalized spacial score (nSPS) is 22.4. The zero-order valence-electron chi connectivity index (χ0n) is 15.5. The Bertz CT molecular complexity index is 530. The highest BCUT2D eigenvalue weighted by Crippen LogP contribution is 2.27. The summed E-state index contributed by atoms with van der Waals surface area (Å²) >= 11 is 0. The highest BCUT2D eigenvalue weighted by atomic mass is 16.2. The van der Waals surface area contributed by atoms with E-state index in [4.69, 9.17) is 0 Å². The van der Waals surface area contributed by atoms with Gasteiger partial charge in [-0.3, -0.25) is 14.7 Å². The Morgan fingerprint density at radius 3 is 2.76 bits per heavy atom. The van der Waals surface area contributed by atoms with Crippen LogP contribution in [-0.4, -0.2) is 60.0 Å². The van der Waals surface area contributed by atoms with E-state index < -0.39 is 0 Å². The summed E-state index contributed by atoms with van der Waals surface area (Å²) in [5, 5.41) is 3.15. The molecule has 0 spiro atoms. The van der Waals surface area contributed by atoms with Gasteiger partial charge in [-0.1, -0.05) is 19.3 Å². The topological polar surface area (TPSA) is 48.5 Å². The molecule has 0 unspecified atom stereocenters. The van der Waals surface area contributed by atoms with Crippen LogP contribution in [0.15, 0.2) is 24.5 Å². The molecule has 1 saturated heterocycles. The molecule has 1 aliphatic carbocycles. The molecule has 2 heterocycles. The van der Waals surface area contributed by atoms with Gasteiger partial charge in [0.05, 0.1) is 6.54 Å². The number of likely N-dealkylation sites (tertiary alicyclic amines) is 1. The van der Waals surface area contributed by atoms with Crippen molar-refractivity contribution in [3.63, 3.8) is 0 Å². The Labute approximate surface area is 151 Å². The fraction of sp³-hybridized carbons (Fsp3) is 0.700. The molecule has 5 nitrogen and oxygen atoms in total. The summed E-state index contributed by atoms with van der Waals surface area (Å²) in [6.45, 7) is 4.42. The molecule has 1 saturated carbocycles. The van der Waals surface area contributed by atoms with Gasteiger partial charge in [0.15, 0.2) is 0 Å². The minimum absolute atomic E-state index is 0.132. The van der Waals surface area contributed by atoms with Gasteiger partial charge in [-0.05, 0) is 56.5 Å². The first-order valence-corrected chi connectivity index (χ1v) is 9.79. The van der Waals surface area contributed by atoms with Crippen molar-refractivity contribution in [3.05, 3.63) is 30.1 Å². The first-order valence-electron chi connectivity index (χ1n) is 9.79. The van der Waals surface area contributed by atoms with Gasteiger partial charge in [-0.2, -0.15) is 0 Å². The Morgan fingerprint density at radius 2 is 2.00 bits per heavy atom. The Balaban J connectivity index is 1.33. The number of hydrogen-bond donors (Lipinski definition) is 1. The van der Waals surface area contributed by atoms with Gasteiger partial charge in [0.2, 0.25) is 5.91 Å². The number of aromatic nitrogens is 1. The third kappa shape index (κ3) is 5.79. The number of pyridine rings is 1. The van der Waals surface area contributed by atoms with Crippen molar-refractivity contribution in [1.29, 1.82) is 0 Å². The molecule has 1 aromatic rings. The quantitative estimate of drug-likeness (QED) is 0.824. The minimum Gasteiger partial charge on any atom is -0.355 e. The number of hydrogen-bond acceptors (Lipinski definition) is 4. The van der Waals surface area contributed by atoms with E-state index >= 15 is 0 Å². The van der Waals surface area contributed by atoms with Crippen LogP contribution in [0.2, 0.25) is 0 Å². The van der Waals surface area contributed by atoms with Gasteiger partial charge in [0.1, 0.15) is 0 Å². The standard InChI is InChI=1S/C20H32N4O/c1-23(14-17-7-10-21-11-8-17)16-20(25)22-13-18-9-12-24(15-18)19-5-3-2-4-6-19/h7-8,10-11,18-19H,2-6,9,12-16H2,1H3,(H,22,25)/t18-/m0/s1. The second-order valence-electron chi connectivity index (χ2n) is 7.77. The summed E-state index contributed by atoms with van der Waals surface area (Å²) in [4.78, 5) is 21.0. The van der Waals surface area contributed by atoms with Crippen molar-refractivity contribution in [2.75, 3.05) is 33.2 Å². The number of carbonyl (C=O) groups excluding carboxylic acids is 1. The molecule has 2 fully saturated rings. The van der Waals surface area contributed by atoms with Crippen molar-refractivity contribution in [2.45, 2.75) is 51.1 Å². The lowest BCUT2D eigenvalue weighted by atomic mass is 9.94. The summed E-state index contributed by atoms with van der Waals surface area (Å²) < 4.78 is 0. The van der Waals surface area contributed by atoms with E-state index in [1.54, 1.807) is 12.4 Å². The molecular formula is C20H32N4O. The lowest BCUT2D eigenvalue weighted by Crippen LogP contribution is -2.39. The van der Waals surface area contributed by atoms with Crippen LogP contribution in [0.25, 0.3) is 0 Å². The highest BCUT2D eigenvalue weighted by Gasteiger charge is 2.29. The number of nitrogens with zero attached hydrogens (tertiary/aromatic N) is 3. The number of nitrogens with one attached hydrogen (secondary N) is 1. The summed E-state index contributed by atoms with van der Waals surface area (Å²) in [5.74, 6) is 0.754. The maximum Gasteiger partial charge on any atom is 0.234 e. The van der Waals surface area contributed by atoms with Crippen LogP contribution in [0.3, 0.4) is 0 Å². The van der Waals surface area contributed by atoms with Crippen molar-refractivity contribution in [2.24, 2.45) is 5.92 Å². The van der Waals surface area contributed by atoms with Crippen LogP contribution in [0, 0.1) is 5.92 Å². The average Bonchev–Trinajstić information content (AvgIpc) is 3.10. The van der Waals surface area contributed by atoms with Gasteiger partial charge in [0.25, 0.3) is 0 Å². The van der Waals surface area contributed by atoms with E-state index in [0.717, 1.165) is 25.7 Å². The molecular weight excluding hydrogens is 312 g/mol. The summed E-state index contributed by atoms with van der Waals surface area (Å²) in [6.07, 6.45) is 11.8. The SMILES string of the molecule is CN(CC(=O)NC[C@@H]1CCN(C2CCCCC2)C1)Cc1ccncc1. The maximum atomic E-state index is 12.2. The monoisotopic (exact) mass is 344 g/mol. The Morgan fingerprint density at radius 1 is 1.24 bits per heavy atom. The number of rotatable bonds is 7. The third-order valence-corrected chi connectivity index (χ3v) is 5.61. The molecule has 3 rings (SSSR count). The second-order valence-corrected chi connectivity index (χ2v) is 7.77. The molecule has 1 N–H and O–H groups in total. The molecule has 1 aromatic heterocycles. The van der Waals surface area contributed by atoms with E-state index in [0.29, 0.717) is 12.5 Å². The van der Waals surface area contributed by atoms with Crippen molar-refractivity contribution in [3.8, 4) is 0 Å². The number of carbonyl (C=O) groups is 1. The van der Waals surface area contributed by atoms with E-state index in [2.05, 4.69) is 15.2 Å². The van der Waals surface area contributed by atoms with Gasteiger partial charge < -0.3 is 10.2 Å². The molecule has 0 aromatic carbocycles. The lowest BCUT2D eigenvalue weighted by molar-refractivity contribution is -0.122. The zero-order valence-corrected chi connectivity index (χ0v) is 15.5. The number of amides is 1. The minimum atomic E-state index is 0.132. The van der Waals surface area contributed by atoms with Crippen LogP contribution < -0.4 is 5.32 Å². The van der Waals surface area contributed by atoms with E-state index in [1.165, 1.54) is 50.6 Å². The Kier molecular flexibility index (Phi) is 6.82. The summed E-state index contributed by atoms with van der Waals surface area (Å²) in [7, 11) is 1.99. The molecule has 2 aliphatic rings. The van der Waals surface area contributed by atoms with Gasteiger partial charge in [-0.15, -0.1) is 0 Å². The first kappa shape index (κ1) is 18.3. The smallest absolute Gasteiger partial charge is 0.234 e. The first-order chi connectivity index (χ1) is 12.2. The Hall–Kier alpha value is -1.46. The molecule has 25 heavy (non-hydrogen) atoms. The van der Waals surface area contributed by atoms with Crippen LogP contribution in [0.4, 0.5) is 0 Å².